The molecule has 1 aromatic rings. The Morgan fingerprint density at radius 1 is 1.60 bits per heavy atom. The summed E-state index contributed by atoms with van der Waals surface area (Å²) < 4.78 is 0. The number of carboxylic acids is 1. The molecule has 3 amide bonds. The number of rotatable bonds is 8. The number of fused-ring (bicyclic) bond motifs is 1. The van der Waals surface area contributed by atoms with Crippen LogP contribution in [-0.2, 0) is 24.0 Å². The van der Waals surface area contributed by atoms with E-state index in [-0.39, 0.29) is 35.4 Å². The van der Waals surface area contributed by atoms with E-state index in [0.717, 1.165) is 23.1 Å². The summed E-state index contributed by atoms with van der Waals surface area (Å²) in [6.07, 6.45) is 5.54. The van der Waals surface area contributed by atoms with Gasteiger partial charge >= 0.3 is 5.97 Å². The molecule has 14 heteroatoms. The lowest BCUT2D eigenvalue weighted by atomic mass is 10.0. The summed E-state index contributed by atoms with van der Waals surface area (Å²) in [5, 5.41) is 19.1. The number of carbonyl (C=O) groups excluding carboxylic acids is 3. The van der Waals surface area contributed by atoms with Crippen LogP contribution in [-0.4, -0.2) is 80.1 Å². The first-order valence-corrected chi connectivity index (χ1v) is 10.6. The lowest BCUT2D eigenvalue weighted by Gasteiger charge is -2.52. The van der Waals surface area contributed by atoms with E-state index in [2.05, 4.69) is 26.7 Å². The predicted molar refractivity (Wildman–Crippen MR) is 109 cm³/mol. The van der Waals surface area contributed by atoms with Gasteiger partial charge in [0.15, 0.2) is 22.3 Å². The van der Waals surface area contributed by atoms with Gasteiger partial charge in [-0.15, -0.1) is 41.1 Å². The number of oxime groups is 1. The van der Waals surface area contributed by atoms with Gasteiger partial charge in [-0.05, 0) is 0 Å². The van der Waals surface area contributed by atoms with Crippen molar-refractivity contribution in [3.8, 4) is 12.3 Å². The van der Waals surface area contributed by atoms with E-state index in [0.29, 0.717) is 6.41 Å². The Labute approximate surface area is 183 Å². The molecule has 11 nitrogen and oxygen atoms in total. The summed E-state index contributed by atoms with van der Waals surface area (Å²) >= 11 is 8.28. The highest BCUT2D eigenvalue weighted by Crippen LogP contribution is 2.41. The largest absolute Gasteiger partial charge is 0.480 e. The zero-order valence-corrected chi connectivity index (χ0v) is 17.4. The number of thiazole rings is 1. The number of aliphatic carboxylic acids is 1. The molecule has 2 unspecified atom stereocenters. The quantitative estimate of drug-likeness (QED) is 0.0875. The topological polar surface area (TPSA) is 150 Å². The zero-order valence-electron chi connectivity index (χ0n) is 15.0. The van der Waals surface area contributed by atoms with E-state index in [9.17, 15) is 24.3 Å². The molecule has 2 fully saturated rings. The molecule has 0 saturated carbocycles. The highest BCUT2D eigenvalue weighted by molar-refractivity contribution is 8.00. The highest BCUT2D eigenvalue weighted by Gasteiger charge is 2.57. The Bertz CT molecular complexity index is 962. The maximum atomic E-state index is 12.8. The Hall–Kier alpha value is -2.82. The number of aromatic nitrogens is 1. The van der Waals surface area contributed by atoms with Crippen LogP contribution < -0.4 is 10.6 Å². The van der Waals surface area contributed by atoms with Crippen LogP contribution in [0.4, 0.5) is 5.13 Å². The third-order valence-corrected chi connectivity index (χ3v) is 7.04. The molecule has 0 spiro atoms. The smallest absolute Gasteiger partial charge is 0.327 e. The van der Waals surface area contributed by atoms with Gasteiger partial charge in [0.1, 0.15) is 17.1 Å². The van der Waals surface area contributed by atoms with Crippen LogP contribution in [0.25, 0.3) is 0 Å². The van der Waals surface area contributed by atoms with E-state index >= 15 is 0 Å². The molecule has 0 radical (unpaired) electrons. The average Bonchev–Trinajstić information content (AvgIpc) is 3.17. The Kier molecular flexibility index (Phi) is 6.49. The molecule has 158 valence electrons. The van der Waals surface area contributed by atoms with Crippen molar-refractivity contribution >= 4 is 69.7 Å². The molecule has 1 aromatic heterocycles. The standard InChI is InChI=1S/C16H14ClN5O6S2/c1-2-3-28-21-9(8-4-29-15(19-8)18-7-23)11(24)20-10-12(25)22-5-16(17,14(26)27)6-30-13(10)22/h1,4,7,10,13H,3,5-6H2,(H,20,24)(H,26,27)(H,18,19,23)/t10?,13-,16?/m1/s1. The second kappa shape index (κ2) is 8.90. The maximum absolute atomic E-state index is 12.8. The fourth-order valence-electron chi connectivity index (χ4n) is 2.72. The number of hydrogen-bond acceptors (Lipinski definition) is 9. The van der Waals surface area contributed by atoms with E-state index in [1.807, 2.05) is 0 Å². The molecule has 2 aliphatic rings. The average molecular weight is 472 g/mol. The number of anilines is 1. The number of alkyl halides is 1. The van der Waals surface area contributed by atoms with Gasteiger partial charge in [-0.3, -0.25) is 19.2 Å². The van der Waals surface area contributed by atoms with Crippen molar-refractivity contribution in [2.75, 3.05) is 24.2 Å². The SMILES string of the molecule is C#CCON=C(C(=O)NC1C(=O)N2CC(Cl)(C(=O)O)CS[C@H]12)c1csc(NC=O)n1. The van der Waals surface area contributed by atoms with E-state index in [1.165, 1.54) is 10.3 Å². The van der Waals surface area contributed by atoms with Crippen LogP contribution in [0.5, 0.6) is 0 Å². The fourth-order valence-corrected chi connectivity index (χ4v) is 5.08. The molecule has 2 aliphatic heterocycles. The van der Waals surface area contributed by atoms with Gasteiger partial charge in [0, 0.05) is 11.1 Å². The summed E-state index contributed by atoms with van der Waals surface area (Å²) in [5.74, 6) is -0.137. The first-order valence-electron chi connectivity index (χ1n) is 8.25. The second-order valence-corrected chi connectivity index (χ2v) is 8.79. The Balaban J connectivity index is 1.72. The summed E-state index contributed by atoms with van der Waals surface area (Å²) in [5.41, 5.74) is -0.116. The van der Waals surface area contributed by atoms with Gasteiger partial charge in [0.2, 0.25) is 12.3 Å². The van der Waals surface area contributed by atoms with Crippen LogP contribution in [0.15, 0.2) is 10.5 Å². The number of carboxylic acid groups (broad SMARTS) is 1. The maximum Gasteiger partial charge on any atom is 0.327 e. The number of halogens is 1. The molecular formula is C16H14ClN5O6S2. The Morgan fingerprint density at radius 2 is 2.37 bits per heavy atom. The minimum absolute atomic E-state index is 0.0732. The zero-order chi connectivity index (χ0) is 21.9. The van der Waals surface area contributed by atoms with Crippen molar-refractivity contribution < 1.29 is 29.1 Å². The van der Waals surface area contributed by atoms with Gasteiger partial charge in [-0.2, -0.15) is 0 Å². The van der Waals surface area contributed by atoms with E-state index in [4.69, 9.17) is 22.9 Å². The van der Waals surface area contributed by atoms with Gasteiger partial charge in [-0.1, -0.05) is 11.1 Å². The van der Waals surface area contributed by atoms with Gasteiger partial charge in [0.25, 0.3) is 5.91 Å². The number of thioether (sulfide) groups is 1. The first kappa shape index (κ1) is 21.9. The molecule has 0 aromatic carbocycles. The van der Waals surface area contributed by atoms with Crippen LogP contribution in [0.3, 0.4) is 0 Å². The van der Waals surface area contributed by atoms with Crippen molar-refractivity contribution in [1.82, 2.24) is 15.2 Å². The molecular weight excluding hydrogens is 458 g/mol. The minimum atomic E-state index is -1.57. The van der Waals surface area contributed by atoms with Crippen molar-refractivity contribution in [2.45, 2.75) is 16.3 Å². The number of amides is 3. The van der Waals surface area contributed by atoms with Crippen molar-refractivity contribution in [3.63, 3.8) is 0 Å². The summed E-state index contributed by atoms with van der Waals surface area (Å²) in [4.78, 5) is 55.8. The van der Waals surface area contributed by atoms with E-state index < -0.39 is 34.1 Å². The lowest BCUT2D eigenvalue weighted by Crippen LogP contribution is -2.74. The van der Waals surface area contributed by atoms with E-state index in [1.54, 1.807) is 0 Å². The van der Waals surface area contributed by atoms with Crippen molar-refractivity contribution in [2.24, 2.45) is 5.16 Å². The molecule has 3 atom stereocenters. The monoisotopic (exact) mass is 471 g/mol. The minimum Gasteiger partial charge on any atom is -0.480 e. The molecule has 3 rings (SSSR count). The highest BCUT2D eigenvalue weighted by atomic mass is 35.5. The first-order chi connectivity index (χ1) is 14.3. The second-order valence-electron chi connectivity index (χ2n) is 6.11. The number of hydrogen-bond donors (Lipinski definition) is 3. The number of β-lactam (4-membered cyclic amide) rings is 1. The van der Waals surface area contributed by atoms with Crippen LogP contribution >= 0.6 is 34.7 Å². The molecule has 3 N–H and O–H groups in total. The molecule has 2 saturated heterocycles. The molecule has 3 heterocycles. The molecule has 0 aliphatic carbocycles. The van der Waals surface area contributed by atoms with Crippen molar-refractivity contribution in [1.29, 1.82) is 0 Å². The van der Waals surface area contributed by atoms with Crippen LogP contribution in [0.1, 0.15) is 5.69 Å². The third-order valence-electron chi connectivity index (χ3n) is 4.16. The third kappa shape index (κ3) is 4.20. The number of nitrogens with one attached hydrogen (secondary N) is 2. The molecule has 30 heavy (non-hydrogen) atoms. The Morgan fingerprint density at radius 3 is 3.03 bits per heavy atom. The van der Waals surface area contributed by atoms with Crippen molar-refractivity contribution in [3.05, 3.63) is 11.1 Å². The van der Waals surface area contributed by atoms with Crippen LogP contribution in [0, 0.1) is 12.3 Å². The van der Waals surface area contributed by atoms with Gasteiger partial charge in [0.05, 0.1) is 6.54 Å². The van der Waals surface area contributed by atoms with Gasteiger partial charge in [-0.25, -0.2) is 4.98 Å². The summed E-state index contributed by atoms with van der Waals surface area (Å²) in [7, 11) is 0. The fraction of sp³-hybridized carbons (Fsp3) is 0.375. The number of carbonyl (C=O) groups is 4. The normalized spacial score (nSPS) is 25.4. The molecule has 0 bridgehead atoms. The predicted octanol–water partition coefficient (Wildman–Crippen LogP) is -0.473. The number of terminal acetylenes is 1. The number of nitrogens with zero attached hydrogens (tertiary/aromatic N) is 3. The summed E-state index contributed by atoms with van der Waals surface area (Å²) in [6.45, 7) is -0.353. The lowest BCUT2D eigenvalue weighted by molar-refractivity contribution is -0.151. The van der Waals surface area contributed by atoms with Crippen LogP contribution in [0.2, 0.25) is 0 Å². The van der Waals surface area contributed by atoms with Gasteiger partial charge < -0.3 is 25.5 Å². The summed E-state index contributed by atoms with van der Waals surface area (Å²) in [6, 6.07) is -0.887.